The first-order chi connectivity index (χ1) is 14.4. The Balaban J connectivity index is 1.82. The molecule has 154 valence electrons. The van der Waals surface area contributed by atoms with Crippen LogP contribution in [-0.4, -0.2) is 42.9 Å². The number of carbonyl (C=O) groups excluding carboxylic acids is 3. The SMILES string of the molecule is COc1ccc2c(c1)C(=O)N(C[C@@H](C#Cc1cccc(F)c1C)NC(=O)NC=O)C2. The van der Waals surface area contributed by atoms with Crippen molar-refractivity contribution < 1.29 is 23.5 Å². The van der Waals surface area contributed by atoms with E-state index in [0.29, 0.717) is 29.0 Å². The van der Waals surface area contributed by atoms with E-state index in [1.165, 1.54) is 13.2 Å². The molecule has 1 atom stereocenters. The van der Waals surface area contributed by atoms with Crippen LogP contribution in [0.4, 0.5) is 9.18 Å². The van der Waals surface area contributed by atoms with Gasteiger partial charge in [-0.2, -0.15) is 0 Å². The molecule has 1 heterocycles. The lowest BCUT2D eigenvalue weighted by Crippen LogP contribution is -2.46. The second-order valence-corrected chi connectivity index (χ2v) is 6.68. The van der Waals surface area contributed by atoms with Crippen LogP contribution < -0.4 is 15.4 Å². The molecule has 8 heteroatoms. The van der Waals surface area contributed by atoms with Gasteiger partial charge in [-0.05, 0) is 36.8 Å². The number of methoxy groups -OCH3 is 1. The molecule has 0 aromatic heterocycles. The third-order valence-electron chi connectivity index (χ3n) is 4.74. The number of hydrogen-bond acceptors (Lipinski definition) is 4. The summed E-state index contributed by atoms with van der Waals surface area (Å²) in [6.45, 7) is 2.05. The third-order valence-corrected chi connectivity index (χ3v) is 4.74. The van der Waals surface area contributed by atoms with E-state index in [1.54, 1.807) is 36.1 Å². The van der Waals surface area contributed by atoms with E-state index in [2.05, 4.69) is 17.2 Å². The standard InChI is InChI=1S/C22H20FN3O4/c1-14-15(4-3-5-20(14)23)6-8-17(25-22(29)24-13-27)12-26-11-16-7-9-18(30-2)10-19(16)21(26)28/h3-5,7,9-10,13,17H,11-12H2,1-2H3,(H2,24,25,27,29)/t17-/m1/s1. The van der Waals surface area contributed by atoms with Gasteiger partial charge >= 0.3 is 6.03 Å². The number of ether oxygens (including phenoxy) is 1. The molecule has 2 aromatic rings. The second-order valence-electron chi connectivity index (χ2n) is 6.68. The summed E-state index contributed by atoms with van der Waals surface area (Å²) in [7, 11) is 1.52. The van der Waals surface area contributed by atoms with Gasteiger partial charge in [-0.15, -0.1) is 0 Å². The summed E-state index contributed by atoms with van der Waals surface area (Å²) in [5.41, 5.74) is 2.22. The smallest absolute Gasteiger partial charge is 0.322 e. The highest BCUT2D eigenvalue weighted by molar-refractivity contribution is 5.98. The molecule has 0 saturated heterocycles. The van der Waals surface area contributed by atoms with Crippen molar-refractivity contribution in [2.24, 2.45) is 0 Å². The summed E-state index contributed by atoms with van der Waals surface area (Å²) in [6, 6.07) is 8.27. The zero-order valence-corrected chi connectivity index (χ0v) is 16.5. The Kier molecular flexibility index (Phi) is 6.32. The lowest BCUT2D eigenvalue weighted by molar-refractivity contribution is -0.108. The zero-order valence-electron chi connectivity index (χ0n) is 16.5. The van der Waals surface area contributed by atoms with Gasteiger partial charge in [0.1, 0.15) is 17.6 Å². The zero-order chi connectivity index (χ0) is 21.7. The predicted molar refractivity (Wildman–Crippen MR) is 107 cm³/mol. The minimum Gasteiger partial charge on any atom is -0.497 e. The molecule has 0 bridgehead atoms. The molecular formula is C22H20FN3O4. The van der Waals surface area contributed by atoms with Crippen LogP contribution in [0, 0.1) is 24.6 Å². The number of urea groups is 1. The maximum atomic E-state index is 13.8. The number of nitrogens with one attached hydrogen (secondary N) is 2. The number of halogens is 1. The van der Waals surface area contributed by atoms with Gasteiger partial charge in [-0.1, -0.05) is 24.0 Å². The van der Waals surface area contributed by atoms with Gasteiger partial charge in [0, 0.05) is 23.2 Å². The topological polar surface area (TPSA) is 87.7 Å². The Morgan fingerprint density at radius 2 is 2.17 bits per heavy atom. The van der Waals surface area contributed by atoms with E-state index in [-0.39, 0.29) is 24.7 Å². The van der Waals surface area contributed by atoms with Crippen molar-refractivity contribution in [3.63, 3.8) is 0 Å². The number of nitrogens with zero attached hydrogens (tertiary/aromatic N) is 1. The maximum absolute atomic E-state index is 13.8. The molecule has 2 N–H and O–H groups in total. The first kappa shape index (κ1) is 20.9. The lowest BCUT2D eigenvalue weighted by Gasteiger charge is -2.21. The molecule has 7 nitrogen and oxygen atoms in total. The first-order valence-corrected chi connectivity index (χ1v) is 9.16. The fourth-order valence-electron chi connectivity index (χ4n) is 3.12. The highest BCUT2D eigenvalue weighted by atomic mass is 19.1. The molecule has 1 aliphatic rings. The summed E-state index contributed by atoms with van der Waals surface area (Å²) in [4.78, 5) is 36.7. The molecule has 0 radical (unpaired) electrons. The number of imide groups is 1. The van der Waals surface area contributed by atoms with Gasteiger partial charge in [0.25, 0.3) is 5.91 Å². The molecule has 0 spiro atoms. The van der Waals surface area contributed by atoms with E-state index < -0.39 is 12.1 Å². The van der Waals surface area contributed by atoms with E-state index in [1.807, 2.05) is 11.4 Å². The number of amides is 4. The lowest BCUT2D eigenvalue weighted by atomic mass is 10.1. The van der Waals surface area contributed by atoms with E-state index in [9.17, 15) is 18.8 Å². The van der Waals surface area contributed by atoms with Crippen molar-refractivity contribution in [2.45, 2.75) is 19.5 Å². The van der Waals surface area contributed by atoms with E-state index in [0.717, 1.165) is 5.56 Å². The minimum absolute atomic E-state index is 0.0868. The van der Waals surface area contributed by atoms with Gasteiger partial charge in [0.2, 0.25) is 6.41 Å². The summed E-state index contributed by atoms with van der Waals surface area (Å²) in [5, 5.41) is 4.54. The molecule has 30 heavy (non-hydrogen) atoms. The van der Waals surface area contributed by atoms with Crippen LogP contribution in [0.5, 0.6) is 5.75 Å². The normalized spacial score (nSPS) is 13.0. The number of fused-ring (bicyclic) bond motifs is 1. The summed E-state index contributed by atoms with van der Waals surface area (Å²) >= 11 is 0. The molecule has 0 fully saturated rings. The molecule has 0 aliphatic carbocycles. The quantitative estimate of drug-likeness (QED) is 0.584. The van der Waals surface area contributed by atoms with Crippen LogP contribution in [0.3, 0.4) is 0 Å². The van der Waals surface area contributed by atoms with Crippen molar-refractivity contribution in [3.05, 3.63) is 64.5 Å². The Labute approximate surface area is 173 Å². The van der Waals surface area contributed by atoms with Gasteiger partial charge in [0.05, 0.1) is 13.7 Å². The van der Waals surface area contributed by atoms with Crippen molar-refractivity contribution in [3.8, 4) is 17.6 Å². The number of carbonyl (C=O) groups is 3. The fourth-order valence-corrected chi connectivity index (χ4v) is 3.12. The molecule has 2 aromatic carbocycles. The van der Waals surface area contributed by atoms with Crippen LogP contribution in [0.25, 0.3) is 0 Å². The van der Waals surface area contributed by atoms with Crippen molar-refractivity contribution in [1.82, 2.24) is 15.5 Å². The predicted octanol–water partition coefficient (Wildman–Crippen LogP) is 1.97. The van der Waals surface area contributed by atoms with Gasteiger partial charge in [-0.25, -0.2) is 9.18 Å². The second kappa shape index (κ2) is 9.09. The number of rotatable bonds is 5. The molecule has 3 rings (SSSR count). The Hall–Kier alpha value is -3.86. The highest BCUT2D eigenvalue weighted by Crippen LogP contribution is 2.26. The summed E-state index contributed by atoms with van der Waals surface area (Å²) in [5.74, 6) is 5.69. The molecular weight excluding hydrogens is 389 g/mol. The van der Waals surface area contributed by atoms with Crippen LogP contribution in [0.1, 0.15) is 27.0 Å². The van der Waals surface area contributed by atoms with E-state index >= 15 is 0 Å². The third kappa shape index (κ3) is 4.58. The molecule has 0 unspecified atom stereocenters. The van der Waals surface area contributed by atoms with Crippen molar-refractivity contribution >= 4 is 18.3 Å². The van der Waals surface area contributed by atoms with Crippen LogP contribution in [0.2, 0.25) is 0 Å². The van der Waals surface area contributed by atoms with Gasteiger partial charge in [-0.3, -0.25) is 14.9 Å². The average Bonchev–Trinajstić information content (AvgIpc) is 3.03. The van der Waals surface area contributed by atoms with Crippen molar-refractivity contribution in [1.29, 1.82) is 0 Å². The molecule has 4 amide bonds. The molecule has 0 saturated carbocycles. The molecule has 1 aliphatic heterocycles. The van der Waals surface area contributed by atoms with Crippen LogP contribution in [0.15, 0.2) is 36.4 Å². The van der Waals surface area contributed by atoms with Crippen LogP contribution in [-0.2, 0) is 11.3 Å². The minimum atomic E-state index is -0.784. The maximum Gasteiger partial charge on any atom is 0.322 e. The monoisotopic (exact) mass is 409 g/mol. The van der Waals surface area contributed by atoms with Crippen LogP contribution >= 0.6 is 0 Å². The Morgan fingerprint density at radius 1 is 1.37 bits per heavy atom. The largest absolute Gasteiger partial charge is 0.497 e. The number of hydrogen-bond donors (Lipinski definition) is 2. The fraction of sp³-hybridized carbons (Fsp3) is 0.227. The first-order valence-electron chi connectivity index (χ1n) is 9.16. The summed E-state index contributed by atoms with van der Waals surface area (Å²) < 4.78 is 18.9. The summed E-state index contributed by atoms with van der Waals surface area (Å²) in [6.07, 6.45) is 0.250. The van der Waals surface area contributed by atoms with Gasteiger partial charge < -0.3 is 15.0 Å². The van der Waals surface area contributed by atoms with Gasteiger partial charge in [0.15, 0.2) is 0 Å². The van der Waals surface area contributed by atoms with Crippen molar-refractivity contribution in [2.75, 3.05) is 13.7 Å². The Bertz CT molecular complexity index is 1060. The highest BCUT2D eigenvalue weighted by Gasteiger charge is 2.29. The Morgan fingerprint density at radius 3 is 2.90 bits per heavy atom. The number of benzene rings is 2. The van der Waals surface area contributed by atoms with E-state index in [4.69, 9.17) is 4.74 Å². The average molecular weight is 409 g/mol.